The molecule has 0 fully saturated rings. The minimum atomic E-state index is -1.13. The van der Waals surface area contributed by atoms with Crippen molar-refractivity contribution in [3.63, 3.8) is 0 Å². The van der Waals surface area contributed by atoms with Crippen LogP contribution < -0.4 is 10.5 Å². The molecule has 0 saturated heterocycles. The van der Waals surface area contributed by atoms with Crippen molar-refractivity contribution < 1.29 is 9.90 Å². The van der Waals surface area contributed by atoms with Gasteiger partial charge in [0.2, 0.25) is 5.95 Å². The van der Waals surface area contributed by atoms with E-state index in [-0.39, 0.29) is 18.1 Å². The maximum Gasteiger partial charge on any atom is 0.414 e. The van der Waals surface area contributed by atoms with E-state index < -0.39 is 6.09 Å². The highest BCUT2D eigenvalue weighted by Gasteiger charge is 2.18. The van der Waals surface area contributed by atoms with Crippen LogP contribution in [0, 0.1) is 5.92 Å². The van der Waals surface area contributed by atoms with Gasteiger partial charge >= 0.3 is 6.09 Å². The number of hydrogen-bond donors (Lipinski definition) is 2. The van der Waals surface area contributed by atoms with E-state index in [1.165, 1.54) is 0 Å². The number of halogens is 1. The lowest BCUT2D eigenvalue weighted by atomic mass is 10.1. The van der Waals surface area contributed by atoms with Crippen LogP contribution in [0.4, 0.5) is 10.7 Å². The van der Waals surface area contributed by atoms with Crippen molar-refractivity contribution in [2.45, 2.75) is 20.3 Å². The average molecular weight is 354 g/mol. The number of carbonyl (C=O) groups is 1. The number of amides is 1. The maximum atomic E-state index is 12.1. The Kier molecular flexibility index (Phi) is 4.62. The lowest BCUT2D eigenvalue weighted by Gasteiger charge is -2.18. The highest BCUT2D eigenvalue weighted by molar-refractivity contribution is 9.10. The quantitative estimate of drug-likeness (QED) is 0.883. The summed E-state index contributed by atoms with van der Waals surface area (Å²) in [6.07, 6.45) is -0.441. The van der Waals surface area contributed by atoms with Crippen LogP contribution >= 0.6 is 15.9 Å². The Morgan fingerprint density at radius 3 is 2.81 bits per heavy atom. The van der Waals surface area contributed by atoms with Gasteiger partial charge in [-0.3, -0.25) is 9.78 Å². The number of nitrogens with zero attached hydrogens (tertiary/aromatic N) is 2. The minimum Gasteiger partial charge on any atom is -0.465 e. The van der Waals surface area contributed by atoms with Gasteiger partial charge in [-0.15, -0.1) is 0 Å². The second-order valence-corrected chi connectivity index (χ2v) is 6.08. The molecule has 0 radical (unpaired) electrons. The molecule has 1 aromatic heterocycles. The summed E-state index contributed by atoms with van der Waals surface area (Å²) < 4.78 is 0.768. The monoisotopic (exact) mass is 353 g/mol. The molecule has 0 aliphatic carbocycles. The van der Waals surface area contributed by atoms with Crippen molar-refractivity contribution in [1.82, 2.24) is 9.97 Å². The fourth-order valence-electron chi connectivity index (χ4n) is 1.91. The lowest BCUT2D eigenvalue weighted by molar-refractivity contribution is 0.201. The van der Waals surface area contributed by atoms with E-state index in [0.717, 1.165) is 9.37 Å². The number of aromatic nitrogens is 2. The van der Waals surface area contributed by atoms with Gasteiger partial charge in [-0.2, -0.15) is 0 Å². The molecule has 6 nitrogen and oxygen atoms in total. The van der Waals surface area contributed by atoms with Crippen molar-refractivity contribution in [1.29, 1.82) is 0 Å². The Morgan fingerprint density at radius 2 is 2.19 bits per heavy atom. The van der Waals surface area contributed by atoms with Crippen LogP contribution in [0.2, 0.25) is 0 Å². The van der Waals surface area contributed by atoms with Gasteiger partial charge in [0, 0.05) is 11.0 Å². The summed E-state index contributed by atoms with van der Waals surface area (Å²) in [5.74, 6) is 0.415. The fraction of sp³-hybridized carbons (Fsp3) is 0.357. The molecule has 7 heteroatoms. The Morgan fingerprint density at radius 1 is 1.48 bits per heavy atom. The molecule has 1 aromatic carbocycles. The van der Waals surface area contributed by atoms with E-state index >= 15 is 0 Å². The summed E-state index contributed by atoms with van der Waals surface area (Å²) in [6.45, 7) is 4.31. The molecule has 2 aromatic rings. The van der Waals surface area contributed by atoms with E-state index in [4.69, 9.17) is 0 Å². The third-order valence-corrected chi connectivity index (χ3v) is 3.56. The molecular formula is C14H16BrN3O3. The van der Waals surface area contributed by atoms with Gasteiger partial charge in [0.1, 0.15) is 0 Å². The molecular weight excluding hydrogens is 338 g/mol. The molecule has 0 atom stereocenters. The van der Waals surface area contributed by atoms with E-state index in [1.54, 1.807) is 18.2 Å². The van der Waals surface area contributed by atoms with Crippen molar-refractivity contribution >= 4 is 38.9 Å². The second-order valence-electron chi connectivity index (χ2n) is 5.17. The van der Waals surface area contributed by atoms with Crippen LogP contribution in [0.5, 0.6) is 0 Å². The first-order chi connectivity index (χ1) is 9.88. The summed E-state index contributed by atoms with van der Waals surface area (Å²) >= 11 is 3.29. The Labute approximate surface area is 129 Å². The Hall–Kier alpha value is -1.89. The molecule has 0 aliphatic rings. The van der Waals surface area contributed by atoms with Crippen molar-refractivity contribution in [3.05, 3.63) is 33.0 Å². The molecule has 1 heterocycles. The number of aromatic amines is 1. The fourth-order valence-corrected chi connectivity index (χ4v) is 2.27. The summed E-state index contributed by atoms with van der Waals surface area (Å²) in [6, 6.07) is 5.10. The SMILES string of the molecule is CC(C)CCN(C(=O)O)c1nc2ccc(Br)cc2c(=O)[nH]1. The zero-order valence-electron chi connectivity index (χ0n) is 11.8. The molecule has 0 spiro atoms. The van der Waals surface area contributed by atoms with Crippen molar-refractivity contribution in [2.24, 2.45) is 5.92 Å². The standard InChI is InChI=1S/C14H16BrN3O3/c1-8(2)5-6-18(14(20)21)13-16-11-4-3-9(15)7-10(11)12(19)17-13/h3-4,7-8H,5-6H2,1-2H3,(H,20,21)(H,16,17,19). The number of nitrogens with one attached hydrogen (secondary N) is 1. The van der Waals surface area contributed by atoms with Gasteiger partial charge in [0.05, 0.1) is 10.9 Å². The van der Waals surface area contributed by atoms with Gasteiger partial charge in [-0.25, -0.2) is 14.7 Å². The van der Waals surface area contributed by atoms with Gasteiger partial charge in [0.15, 0.2) is 0 Å². The molecule has 2 rings (SSSR count). The van der Waals surface area contributed by atoms with Crippen molar-refractivity contribution in [2.75, 3.05) is 11.4 Å². The molecule has 0 saturated carbocycles. The number of benzene rings is 1. The molecule has 0 unspecified atom stereocenters. The number of hydrogen-bond acceptors (Lipinski definition) is 3. The normalized spacial score (nSPS) is 11.0. The van der Waals surface area contributed by atoms with Crippen molar-refractivity contribution in [3.8, 4) is 0 Å². The number of fused-ring (bicyclic) bond motifs is 1. The highest BCUT2D eigenvalue weighted by Crippen LogP contribution is 2.18. The molecule has 0 aliphatic heterocycles. The highest BCUT2D eigenvalue weighted by atomic mass is 79.9. The molecule has 2 N–H and O–H groups in total. The third-order valence-electron chi connectivity index (χ3n) is 3.07. The first-order valence-electron chi connectivity index (χ1n) is 6.58. The van der Waals surface area contributed by atoms with Crippen LogP contribution in [-0.2, 0) is 0 Å². The maximum absolute atomic E-state index is 12.1. The van der Waals surface area contributed by atoms with Crippen LogP contribution in [0.3, 0.4) is 0 Å². The number of rotatable bonds is 4. The predicted molar refractivity (Wildman–Crippen MR) is 84.9 cm³/mol. The molecule has 21 heavy (non-hydrogen) atoms. The summed E-state index contributed by atoms with van der Waals surface area (Å²) in [5, 5.41) is 9.72. The minimum absolute atomic E-state index is 0.0583. The van der Waals surface area contributed by atoms with Gasteiger partial charge in [-0.05, 0) is 30.5 Å². The number of H-pyrrole nitrogens is 1. The van der Waals surface area contributed by atoms with Gasteiger partial charge < -0.3 is 5.11 Å². The van der Waals surface area contributed by atoms with Crippen LogP contribution in [0.1, 0.15) is 20.3 Å². The summed E-state index contributed by atoms with van der Waals surface area (Å²) in [4.78, 5) is 31.3. The average Bonchev–Trinajstić information content (AvgIpc) is 2.39. The largest absolute Gasteiger partial charge is 0.465 e. The Balaban J connectivity index is 2.46. The van der Waals surface area contributed by atoms with Gasteiger partial charge in [0.25, 0.3) is 5.56 Å². The zero-order valence-corrected chi connectivity index (χ0v) is 13.3. The topological polar surface area (TPSA) is 86.3 Å². The zero-order chi connectivity index (χ0) is 15.6. The first-order valence-corrected chi connectivity index (χ1v) is 7.38. The van der Waals surface area contributed by atoms with Gasteiger partial charge in [-0.1, -0.05) is 29.8 Å². The van der Waals surface area contributed by atoms with E-state index in [9.17, 15) is 14.7 Å². The Bertz CT molecular complexity index is 727. The van der Waals surface area contributed by atoms with Crippen LogP contribution in [0.15, 0.2) is 27.5 Å². The number of anilines is 1. The van der Waals surface area contributed by atoms with Crippen LogP contribution in [-0.4, -0.2) is 27.7 Å². The first kappa shape index (κ1) is 15.5. The predicted octanol–water partition coefficient (Wildman–Crippen LogP) is 3.22. The van der Waals surface area contributed by atoms with Crippen LogP contribution in [0.25, 0.3) is 10.9 Å². The van der Waals surface area contributed by atoms with E-state index in [1.807, 2.05) is 13.8 Å². The summed E-state index contributed by atoms with van der Waals surface area (Å²) in [5.41, 5.74) is 0.111. The second kappa shape index (κ2) is 6.26. The van der Waals surface area contributed by atoms with E-state index in [2.05, 4.69) is 25.9 Å². The summed E-state index contributed by atoms with van der Waals surface area (Å²) in [7, 11) is 0. The lowest BCUT2D eigenvalue weighted by Crippen LogP contribution is -2.34. The van der Waals surface area contributed by atoms with E-state index in [0.29, 0.717) is 23.2 Å². The molecule has 112 valence electrons. The third kappa shape index (κ3) is 3.60. The smallest absolute Gasteiger partial charge is 0.414 e. The molecule has 0 bridgehead atoms. The molecule has 1 amide bonds. The number of carboxylic acid groups (broad SMARTS) is 1.